The Labute approximate surface area is 116 Å². The van der Waals surface area contributed by atoms with Crippen molar-refractivity contribution in [3.63, 3.8) is 0 Å². The van der Waals surface area contributed by atoms with E-state index in [0.29, 0.717) is 30.5 Å². The molecule has 1 aromatic rings. The molecule has 1 aromatic heterocycles. The van der Waals surface area contributed by atoms with Crippen LogP contribution in [0, 0.1) is 0 Å². The topological polar surface area (TPSA) is 45.4 Å². The van der Waals surface area contributed by atoms with E-state index in [1.165, 1.54) is 0 Å². The van der Waals surface area contributed by atoms with Crippen LogP contribution in [0.25, 0.3) is 0 Å². The SMILES string of the molecule is CN(C)C1CCN(c2cc(C(F)(F)F)ncc2N)CC1. The molecule has 2 heterocycles. The van der Waals surface area contributed by atoms with Gasteiger partial charge >= 0.3 is 6.18 Å². The molecule has 1 saturated heterocycles. The minimum Gasteiger partial charge on any atom is -0.396 e. The van der Waals surface area contributed by atoms with Crippen molar-refractivity contribution in [1.29, 1.82) is 0 Å². The predicted molar refractivity (Wildman–Crippen MR) is 72.6 cm³/mol. The molecule has 2 N–H and O–H groups in total. The zero-order valence-corrected chi connectivity index (χ0v) is 11.6. The third-order valence-electron chi connectivity index (χ3n) is 3.74. The van der Waals surface area contributed by atoms with Gasteiger partial charge in [0.15, 0.2) is 0 Å². The van der Waals surface area contributed by atoms with E-state index in [9.17, 15) is 13.2 Å². The van der Waals surface area contributed by atoms with E-state index in [1.807, 2.05) is 19.0 Å². The van der Waals surface area contributed by atoms with Gasteiger partial charge in [0.05, 0.1) is 17.6 Å². The Morgan fingerprint density at radius 1 is 1.30 bits per heavy atom. The molecule has 0 bridgehead atoms. The molecule has 1 aliphatic heterocycles. The van der Waals surface area contributed by atoms with Crippen LogP contribution in [-0.2, 0) is 6.18 Å². The number of halogens is 3. The molecule has 0 unspecified atom stereocenters. The summed E-state index contributed by atoms with van der Waals surface area (Å²) in [6, 6.07) is 1.52. The van der Waals surface area contributed by atoms with Gasteiger partial charge in [0.2, 0.25) is 0 Å². The van der Waals surface area contributed by atoms with Crippen molar-refractivity contribution in [2.24, 2.45) is 0 Å². The van der Waals surface area contributed by atoms with Crippen molar-refractivity contribution in [1.82, 2.24) is 9.88 Å². The Balaban J connectivity index is 2.17. The predicted octanol–water partition coefficient (Wildman–Crippen LogP) is 2.21. The highest BCUT2D eigenvalue weighted by molar-refractivity contribution is 5.67. The van der Waals surface area contributed by atoms with Crippen LogP contribution in [-0.4, -0.2) is 43.1 Å². The number of nitrogens with zero attached hydrogens (tertiary/aromatic N) is 3. The van der Waals surface area contributed by atoms with Crippen molar-refractivity contribution in [2.75, 3.05) is 37.8 Å². The van der Waals surface area contributed by atoms with E-state index in [2.05, 4.69) is 9.88 Å². The Bertz CT molecular complexity index is 465. The highest BCUT2D eigenvalue weighted by atomic mass is 19.4. The second-order valence-corrected chi connectivity index (χ2v) is 5.31. The van der Waals surface area contributed by atoms with E-state index >= 15 is 0 Å². The number of nitrogen functional groups attached to an aromatic ring is 1. The normalized spacial score (nSPS) is 17.8. The Morgan fingerprint density at radius 2 is 1.90 bits per heavy atom. The number of rotatable bonds is 2. The summed E-state index contributed by atoms with van der Waals surface area (Å²) >= 11 is 0. The van der Waals surface area contributed by atoms with Crippen molar-refractivity contribution < 1.29 is 13.2 Å². The summed E-state index contributed by atoms with van der Waals surface area (Å²) in [4.78, 5) is 7.42. The zero-order chi connectivity index (χ0) is 14.9. The van der Waals surface area contributed by atoms with E-state index in [4.69, 9.17) is 5.73 Å². The van der Waals surface area contributed by atoms with E-state index in [-0.39, 0.29) is 0 Å². The summed E-state index contributed by atoms with van der Waals surface area (Å²) in [5.74, 6) is 0. The lowest BCUT2D eigenvalue weighted by Crippen LogP contribution is -2.42. The lowest BCUT2D eigenvalue weighted by molar-refractivity contribution is -0.141. The molecular formula is C13H19F3N4. The molecule has 0 amide bonds. The fourth-order valence-corrected chi connectivity index (χ4v) is 2.51. The number of anilines is 2. The van der Waals surface area contributed by atoms with Gasteiger partial charge in [0.25, 0.3) is 0 Å². The number of hydrogen-bond donors (Lipinski definition) is 1. The smallest absolute Gasteiger partial charge is 0.396 e. The quantitative estimate of drug-likeness (QED) is 0.906. The first-order valence-electron chi connectivity index (χ1n) is 6.53. The number of aromatic nitrogens is 1. The van der Waals surface area contributed by atoms with Gasteiger partial charge in [-0.25, -0.2) is 4.98 Å². The third-order valence-corrected chi connectivity index (χ3v) is 3.74. The average Bonchev–Trinajstić information content (AvgIpc) is 2.38. The molecule has 0 spiro atoms. The molecule has 0 aliphatic carbocycles. The van der Waals surface area contributed by atoms with Crippen molar-refractivity contribution in [2.45, 2.75) is 25.1 Å². The van der Waals surface area contributed by atoms with Crippen LogP contribution >= 0.6 is 0 Å². The number of pyridine rings is 1. The minimum absolute atomic E-state index is 0.293. The van der Waals surface area contributed by atoms with Gasteiger partial charge < -0.3 is 15.5 Å². The number of piperidine rings is 1. The number of hydrogen-bond acceptors (Lipinski definition) is 4. The summed E-state index contributed by atoms with van der Waals surface area (Å²) in [5, 5.41) is 0. The summed E-state index contributed by atoms with van der Waals surface area (Å²) in [6.07, 6.45) is -1.52. The average molecular weight is 288 g/mol. The molecule has 1 fully saturated rings. The first-order chi connectivity index (χ1) is 9.29. The molecule has 0 radical (unpaired) electrons. The van der Waals surface area contributed by atoms with Gasteiger partial charge in [-0.1, -0.05) is 0 Å². The summed E-state index contributed by atoms with van der Waals surface area (Å²) in [7, 11) is 4.03. The molecule has 0 atom stereocenters. The maximum absolute atomic E-state index is 12.7. The number of alkyl halides is 3. The largest absolute Gasteiger partial charge is 0.433 e. The van der Waals surface area contributed by atoms with Gasteiger partial charge in [-0.15, -0.1) is 0 Å². The van der Waals surface area contributed by atoms with E-state index in [1.54, 1.807) is 0 Å². The van der Waals surface area contributed by atoms with Crippen molar-refractivity contribution in [3.05, 3.63) is 18.0 Å². The van der Waals surface area contributed by atoms with Gasteiger partial charge in [-0.2, -0.15) is 13.2 Å². The van der Waals surface area contributed by atoms with Gasteiger partial charge in [0.1, 0.15) is 5.69 Å². The summed E-state index contributed by atoms with van der Waals surface area (Å²) in [5.41, 5.74) is 5.61. The molecular weight excluding hydrogens is 269 g/mol. The summed E-state index contributed by atoms with van der Waals surface area (Å²) in [6.45, 7) is 1.41. The maximum atomic E-state index is 12.7. The highest BCUT2D eigenvalue weighted by Gasteiger charge is 2.34. The van der Waals surface area contributed by atoms with Crippen LogP contribution in [0.5, 0.6) is 0 Å². The van der Waals surface area contributed by atoms with Gasteiger partial charge in [0, 0.05) is 19.1 Å². The van der Waals surface area contributed by atoms with Gasteiger partial charge in [-0.05, 0) is 33.0 Å². The van der Waals surface area contributed by atoms with Crippen LogP contribution in [0.3, 0.4) is 0 Å². The standard InChI is InChI=1S/C13H19F3N4/c1-19(2)9-3-5-20(6-4-9)11-7-12(13(14,15)16)18-8-10(11)17/h7-9H,3-6,17H2,1-2H3. The first kappa shape index (κ1) is 14.9. The van der Waals surface area contributed by atoms with Crippen molar-refractivity contribution >= 4 is 11.4 Å². The van der Waals surface area contributed by atoms with E-state index < -0.39 is 11.9 Å². The third kappa shape index (κ3) is 3.15. The second-order valence-electron chi connectivity index (χ2n) is 5.31. The molecule has 4 nitrogen and oxygen atoms in total. The van der Waals surface area contributed by atoms with Crippen molar-refractivity contribution in [3.8, 4) is 0 Å². The Hall–Kier alpha value is -1.50. The molecule has 0 saturated carbocycles. The molecule has 2 rings (SSSR count). The molecule has 0 aromatic carbocycles. The first-order valence-corrected chi connectivity index (χ1v) is 6.53. The second kappa shape index (κ2) is 5.47. The lowest BCUT2D eigenvalue weighted by Gasteiger charge is -2.37. The Morgan fingerprint density at radius 3 is 2.40 bits per heavy atom. The minimum atomic E-state index is -4.44. The molecule has 1 aliphatic rings. The fourth-order valence-electron chi connectivity index (χ4n) is 2.51. The number of nitrogens with two attached hydrogens (primary N) is 1. The summed E-state index contributed by atoms with van der Waals surface area (Å²) < 4.78 is 38.1. The van der Waals surface area contributed by atoms with Crippen LogP contribution in [0.1, 0.15) is 18.5 Å². The zero-order valence-electron chi connectivity index (χ0n) is 11.6. The van der Waals surface area contributed by atoms with Gasteiger partial charge in [-0.3, -0.25) is 0 Å². The molecule has 112 valence electrons. The van der Waals surface area contributed by atoms with E-state index in [0.717, 1.165) is 25.1 Å². The Kier molecular flexibility index (Phi) is 4.08. The van der Waals surface area contributed by atoms with Crippen LogP contribution < -0.4 is 10.6 Å². The maximum Gasteiger partial charge on any atom is 0.433 e. The molecule has 7 heteroatoms. The van der Waals surface area contributed by atoms with Crippen LogP contribution in [0.15, 0.2) is 12.3 Å². The van der Waals surface area contributed by atoms with Crippen LogP contribution in [0.4, 0.5) is 24.5 Å². The highest BCUT2D eigenvalue weighted by Crippen LogP contribution is 2.33. The lowest BCUT2D eigenvalue weighted by atomic mass is 10.0. The monoisotopic (exact) mass is 288 g/mol. The van der Waals surface area contributed by atoms with Crippen LogP contribution in [0.2, 0.25) is 0 Å². The fraction of sp³-hybridized carbons (Fsp3) is 0.615. The molecule has 20 heavy (non-hydrogen) atoms.